The summed E-state index contributed by atoms with van der Waals surface area (Å²) in [5, 5.41) is 13.0. The molecule has 2 aromatic heterocycles. The van der Waals surface area contributed by atoms with Crippen LogP contribution in [0.15, 0.2) is 17.5 Å². The minimum Gasteiger partial charge on any atom is -0.475 e. The van der Waals surface area contributed by atoms with Crippen LogP contribution in [0.4, 0.5) is 0 Å². The van der Waals surface area contributed by atoms with E-state index in [-0.39, 0.29) is 0 Å². The Bertz CT molecular complexity index is 766. The predicted octanol–water partition coefficient (Wildman–Crippen LogP) is 4.11. The van der Waals surface area contributed by atoms with Gasteiger partial charge in [0.25, 0.3) is 0 Å². The molecule has 3 rings (SSSR count). The fourth-order valence-electron chi connectivity index (χ4n) is 1.90. The molecule has 0 N–H and O–H groups in total. The van der Waals surface area contributed by atoms with Crippen LogP contribution in [0, 0.1) is 18.3 Å². The summed E-state index contributed by atoms with van der Waals surface area (Å²) in [5.74, 6) is 0.774. The molecule has 0 radical (unpaired) electrons. The Hall–Kier alpha value is -1.64. The lowest BCUT2D eigenvalue weighted by Gasteiger charge is -2.08. The van der Waals surface area contributed by atoms with Crippen molar-refractivity contribution in [3.8, 4) is 11.8 Å². The van der Waals surface area contributed by atoms with Crippen molar-refractivity contribution in [3.63, 3.8) is 0 Å². The molecule has 0 spiro atoms. The molecule has 1 unspecified atom stereocenters. The van der Waals surface area contributed by atoms with E-state index in [0.717, 1.165) is 31.1 Å². The number of benzene rings is 1. The van der Waals surface area contributed by atoms with Crippen molar-refractivity contribution in [3.05, 3.63) is 22.5 Å². The van der Waals surface area contributed by atoms with Crippen molar-refractivity contribution in [2.45, 2.75) is 20.0 Å². The van der Waals surface area contributed by atoms with Gasteiger partial charge in [-0.25, -0.2) is 4.98 Å². The van der Waals surface area contributed by atoms with Gasteiger partial charge in [-0.15, -0.1) is 22.7 Å². The van der Waals surface area contributed by atoms with Crippen LogP contribution in [0.3, 0.4) is 0 Å². The number of rotatable bonds is 2. The average molecular weight is 274 g/mol. The van der Waals surface area contributed by atoms with E-state index in [0.29, 0.717) is 0 Å². The fourth-order valence-corrected chi connectivity index (χ4v) is 3.73. The van der Waals surface area contributed by atoms with E-state index in [1.165, 1.54) is 0 Å². The van der Waals surface area contributed by atoms with Crippen molar-refractivity contribution in [1.29, 1.82) is 5.26 Å². The van der Waals surface area contributed by atoms with E-state index in [1.807, 2.05) is 24.4 Å². The van der Waals surface area contributed by atoms with Crippen molar-refractivity contribution < 1.29 is 4.74 Å². The van der Waals surface area contributed by atoms with Gasteiger partial charge in [0.15, 0.2) is 6.10 Å². The number of nitriles is 1. The highest BCUT2D eigenvalue weighted by Gasteiger charge is 2.13. The molecule has 0 saturated heterocycles. The largest absolute Gasteiger partial charge is 0.475 e. The van der Waals surface area contributed by atoms with Gasteiger partial charge < -0.3 is 4.74 Å². The predicted molar refractivity (Wildman–Crippen MR) is 75.4 cm³/mol. The minimum atomic E-state index is -0.445. The van der Waals surface area contributed by atoms with Gasteiger partial charge in [-0.2, -0.15) is 5.26 Å². The van der Waals surface area contributed by atoms with Gasteiger partial charge in [0.2, 0.25) is 0 Å². The topological polar surface area (TPSA) is 45.9 Å². The zero-order valence-electron chi connectivity index (χ0n) is 9.93. The van der Waals surface area contributed by atoms with Crippen LogP contribution >= 0.6 is 22.7 Å². The first-order valence-electron chi connectivity index (χ1n) is 5.52. The minimum absolute atomic E-state index is 0.445. The summed E-state index contributed by atoms with van der Waals surface area (Å²) in [6.45, 7) is 3.75. The standard InChI is InChI=1S/C13H10N2OS2/c1-7(6-14)16-10-5-11-12(15-8(2)18-11)13-9(10)3-4-17-13/h3-5,7H,1-2H3. The molecule has 1 atom stereocenters. The van der Waals surface area contributed by atoms with E-state index in [1.54, 1.807) is 29.6 Å². The molecule has 0 aliphatic heterocycles. The Kier molecular flexibility index (Phi) is 2.69. The van der Waals surface area contributed by atoms with E-state index in [9.17, 15) is 0 Å². The van der Waals surface area contributed by atoms with Gasteiger partial charge in [0.05, 0.1) is 19.9 Å². The molecule has 0 fully saturated rings. The number of aromatic nitrogens is 1. The lowest BCUT2D eigenvalue weighted by atomic mass is 10.2. The number of nitrogens with zero attached hydrogens (tertiary/aromatic N) is 2. The second-order valence-corrected chi connectivity index (χ2v) is 6.16. The second kappa shape index (κ2) is 4.23. The first kappa shape index (κ1) is 11.5. The number of hydrogen-bond acceptors (Lipinski definition) is 5. The van der Waals surface area contributed by atoms with E-state index < -0.39 is 6.10 Å². The third-order valence-corrected chi connectivity index (χ3v) is 4.49. The molecule has 3 nitrogen and oxygen atoms in total. The number of thiazole rings is 1. The maximum absolute atomic E-state index is 8.85. The zero-order valence-corrected chi connectivity index (χ0v) is 11.6. The highest BCUT2D eigenvalue weighted by Crippen LogP contribution is 2.39. The second-order valence-electron chi connectivity index (χ2n) is 4.01. The third-order valence-electron chi connectivity index (χ3n) is 2.65. The first-order chi connectivity index (χ1) is 8.69. The zero-order chi connectivity index (χ0) is 12.7. The van der Waals surface area contributed by atoms with Gasteiger partial charge in [-0.05, 0) is 25.3 Å². The molecule has 0 bridgehead atoms. The van der Waals surface area contributed by atoms with Gasteiger partial charge >= 0.3 is 0 Å². The van der Waals surface area contributed by atoms with Gasteiger partial charge in [0.1, 0.15) is 11.8 Å². The van der Waals surface area contributed by atoms with Gasteiger partial charge in [-0.1, -0.05) is 0 Å². The van der Waals surface area contributed by atoms with Crippen LogP contribution in [0.5, 0.6) is 5.75 Å². The molecule has 1 aromatic carbocycles. The van der Waals surface area contributed by atoms with E-state index in [2.05, 4.69) is 11.1 Å². The molecule has 0 aliphatic carbocycles. The Morgan fingerprint density at radius 3 is 3.11 bits per heavy atom. The number of ether oxygens (including phenoxy) is 1. The number of thiophene rings is 1. The van der Waals surface area contributed by atoms with Crippen LogP contribution in [-0.2, 0) is 0 Å². The molecule has 0 saturated carbocycles. The van der Waals surface area contributed by atoms with Gasteiger partial charge in [0, 0.05) is 11.5 Å². The highest BCUT2D eigenvalue weighted by atomic mass is 32.1. The number of aryl methyl sites for hydroxylation is 1. The van der Waals surface area contributed by atoms with Crippen LogP contribution in [0.1, 0.15) is 11.9 Å². The molecule has 5 heteroatoms. The number of hydrogen-bond donors (Lipinski definition) is 0. The lowest BCUT2D eigenvalue weighted by Crippen LogP contribution is -2.08. The van der Waals surface area contributed by atoms with E-state index in [4.69, 9.17) is 10.00 Å². The lowest BCUT2D eigenvalue weighted by molar-refractivity contribution is 0.280. The Morgan fingerprint density at radius 2 is 2.33 bits per heavy atom. The van der Waals surface area contributed by atoms with Crippen molar-refractivity contribution in [2.75, 3.05) is 0 Å². The SMILES string of the molecule is Cc1nc2c(cc(OC(C)C#N)c3ccsc32)s1. The molecular formula is C13H10N2OS2. The summed E-state index contributed by atoms with van der Waals surface area (Å²) in [5.41, 5.74) is 1.04. The van der Waals surface area contributed by atoms with Gasteiger partial charge in [-0.3, -0.25) is 0 Å². The monoisotopic (exact) mass is 274 g/mol. The Labute approximate surface area is 112 Å². The first-order valence-corrected chi connectivity index (χ1v) is 7.22. The summed E-state index contributed by atoms with van der Waals surface area (Å²) < 4.78 is 7.93. The van der Waals surface area contributed by atoms with E-state index >= 15 is 0 Å². The molecule has 3 aromatic rings. The summed E-state index contributed by atoms with van der Waals surface area (Å²) >= 11 is 3.31. The smallest absolute Gasteiger partial charge is 0.181 e. The quantitative estimate of drug-likeness (QED) is 0.706. The highest BCUT2D eigenvalue weighted by molar-refractivity contribution is 7.21. The average Bonchev–Trinajstić information content (AvgIpc) is 2.94. The van der Waals surface area contributed by atoms with Crippen LogP contribution in [-0.4, -0.2) is 11.1 Å². The Balaban J connectivity index is 2.28. The molecule has 2 heterocycles. The maximum Gasteiger partial charge on any atom is 0.181 e. The molecule has 0 aliphatic rings. The summed E-state index contributed by atoms with van der Waals surface area (Å²) in [7, 11) is 0. The molecule has 90 valence electrons. The summed E-state index contributed by atoms with van der Waals surface area (Å²) in [4.78, 5) is 4.56. The normalized spacial score (nSPS) is 12.7. The maximum atomic E-state index is 8.85. The van der Waals surface area contributed by atoms with Crippen LogP contribution < -0.4 is 4.74 Å². The number of fused-ring (bicyclic) bond motifs is 3. The van der Waals surface area contributed by atoms with Crippen molar-refractivity contribution in [1.82, 2.24) is 4.98 Å². The summed E-state index contributed by atoms with van der Waals surface area (Å²) in [6.07, 6.45) is -0.445. The molecular weight excluding hydrogens is 264 g/mol. The van der Waals surface area contributed by atoms with Crippen LogP contribution in [0.25, 0.3) is 20.3 Å². The van der Waals surface area contributed by atoms with Crippen molar-refractivity contribution in [2.24, 2.45) is 0 Å². The third kappa shape index (κ3) is 1.74. The molecule has 18 heavy (non-hydrogen) atoms. The molecule has 0 amide bonds. The fraction of sp³-hybridized carbons (Fsp3) is 0.231. The Morgan fingerprint density at radius 1 is 1.50 bits per heavy atom. The summed E-state index contributed by atoms with van der Waals surface area (Å²) in [6, 6.07) is 6.10. The van der Waals surface area contributed by atoms with Crippen molar-refractivity contribution >= 4 is 43.0 Å². The van der Waals surface area contributed by atoms with Crippen LogP contribution in [0.2, 0.25) is 0 Å².